The first-order valence-electron chi connectivity index (χ1n) is 19.7. The highest BCUT2D eigenvalue weighted by Gasteiger charge is 2.68. The van der Waals surface area contributed by atoms with Crippen LogP contribution in [0.15, 0.2) is 109 Å². The number of benzene rings is 4. The highest BCUT2D eigenvalue weighted by atomic mass is 16.6. The van der Waals surface area contributed by atoms with E-state index >= 15 is 0 Å². The van der Waals surface area contributed by atoms with E-state index in [0.29, 0.717) is 41.9 Å². The summed E-state index contributed by atoms with van der Waals surface area (Å²) in [7, 11) is 0. The zero-order chi connectivity index (χ0) is 40.4. The van der Waals surface area contributed by atoms with Gasteiger partial charge in [0, 0.05) is 5.41 Å². The van der Waals surface area contributed by atoms with E-state index in [9.17, 15) is 19.8 Å². The molecule has 7 atom stereocenters. The fourth-order valence-corrected chi connectivity index (χ4v) is 7.73. The molecular formula is C46H49NO11. The van der Waals surface area contributed by atoms with Gasteiger partial charge in [-0.1, -0.05) is 68.0 Å². The molecule has 58 heavy (non-hydrogen) atoms. The summed E-state index contributed by atoms with van der Waals surface area (Å²) in [4.78, 5) is 28.5. The number of epoxide rings is 1. The molecule has 2 bridgehead atoms. The number of ether oxygens (including phenoxy) is 7. The lowest BCUT2D eigenvalue weighted by Gasteiger charge is -2.29. The normalized spacial score (nSPS) is 24.1. The first-order valence-corrected chi connectivity index (χ1v) is 19.7. The van der Waals surface area contributed by atoms with Crippen LogP contribution >= 0.6 is 0 Å². The number of carbonyl (C=O) groups excluding carboxylic acids is 2. The summed E-state index contributed by atoms with van der Waals surface area (Å²) in [5.74, 6) is 0.592. The molecule has 0 saturated carbocycles. The lowest BCUT2D eigenvalue weighted by atomic mass is 9.77. The van der Waals surface area contributed by atoms with Crippen molar-refractivity contribution >= 4 is 17.5 Å². The minimum Gasteiger partial charge on any atom is -0.491 e. The highest BCUT2D eigenvalue weighted by molar-refractivity contribution is 6.23. The molecule has 7 unspecified atom stereocenters. The van der Waals surface area contributed by atoms with Gasteiger partial charge in [-0.05, 0) is 78.7 Å². The zero-order valence-corrected chi connectivity index (χ0v) is 32.8. The summed E-state index contributed by atoms with van der Waals surface area (Å²) < 4.78 is 40.4. The third-order valence-electron chi connectivity index (χ3n) is 11.2. The molecule has 3 saturated heterocycles. The number of carbonyl (C=O) groups is 2. The molecule has 0 aliphatic carbocycles. The van der Waals surface area contributed by atoms with E-state index < -0.39 is 35.7 Å². The van der Waals surface area contributed by atoms with Crippen LogP contribution in [0, 0.1) is 18.8 Å². The van der Waals surface area contributed by atoms with E-state index in [1.807, 2.05) is 91.9 Å². The van der Waals surface area contributed by atoms with Gasteiger partial charge in [-0.25, -0.2) is 4.90 Å². The summed E-state index contributed by atoms with van der Waals surface area (Å²) in [6, 6.07) is 30.1. The third kappa shape index (κ3) is 8.48. The minimum absolute atomic E-state index is 0.00341. The molecule has 12 heteroatoms. The topological polar surface area (TPSA) is 146 Å². The Kier molecular flexibility index (Phi) is 11.3. The van der Waals surface area contributed by atoms with Gasteiger partial charge in [0.05, 0.1) is 43.4 Å². The van der Waals surface area contributed by atoms with Gasteiger partial charge >= 0.3 is 0 Å². The van der Waals surface area contributed by atoms with Crippen molar-refractivity contribution in [2.45, 2.75) is 56.2 Å². The van der Waals surface area contributed by atoms with Crippen LogP contribution in [0.3, 0.4) is 0 Å². The zero-order valence-electron chi connectivity index (χ0n) is 32.8. The summed E-state index contributed by atoms with van der Waals surface area (Å²) in [5.41, 5.74) is 2.35. The standard InChI is InChI=1S/C46H49NO11/c1-29-4-12-35(13-5-29)54-24-34(49)25-55-37-16-8-31(9-17-37)45(2,3)30-6-14-36(15-7-30)53-23-33(48)22-52-28-46-21-20-40(58-46)41-42(46)44(51)47(43(41)50)32-10-18-38(19-11-32)56-26-39-27-57-39/h4-21,33-34,39-42,48-49H,22-28H2,1-3H3. The molecule has 304 valence electrons. The summed E-state index contributed by atoms with van der Waals surface area (Å²) >= 11 is 0. The lowest BCUT2D eigenvalue weighted by molar-refractivity contribution is -0.130. The maximum absolute atomic E-state index is 13.7. The van der Waals surface area contributed by atoms with Crippen molar-refractivity contribution in [2.24, 2.45) is 11.8 Å². The van der Waals surface area contributed by atoms with Crippen LogP contribution in [0.5, 0.6) is 23.0 Å². The van der Waals surface area contributed by atoms with Crippen molar-refractivity contribution in [3.63, 3.8) is 0 Å². The molecule has 4 heterocycles. The molecule has 8 rings (SSSR count). The van der Waals surface area contributed by atoms with Crippen molar-refractivity contribution in [3.8, 4) is 23.0 Å². The monoisotopic (exact) mass is 791 g/mol. The predicted octanol–water partition coefficient (Wildman–Crippen LogP) is 5.19. The Morgan fingerprint density at radius 2 is 1.22 bits per heavy atom. The molecule has 3 fully saturated rings. The molecule has 2 N–H and O–H groups in total. The Morgan fingerprint density at radius 1 is 0.724 bits per heavy atom. The van der Waals surface area contributed by atoms with Gasteiger partial charge in [0.2, 0.25) is 11.8 Å². The second kappa shape index (κ2) is 16.6. The van der Waals surface area contributed by atoms with E-state index in [1.54, 1.807) is 24.3 Å². The van der Waals surface area contributed by atoms with Crippen molar-refractivity contribution in [2.75, 3.05) is 51.1 Å². The van der Waals surface area contributed by atoms with Crippen LogP contribution in [0.25, 0.3) is 0 Å². The Bertz CT molecular complexity index is 2080. The predicted molar refractivity (Wildman–Crippen MR) is 213 cm³/mol. The van der Waals surface area contributed by atoms with Gasteiger partial charge < -0.3 is 43.4 Å². The number of hydrogen-bond acceptors (Lipinski definition) is 11. The largest absolute Gasteiger partial charge is 0.491 e. The fourth-order valence-electron chi connectivity index (χ4n) is 7.73. The second-order valence-electron chi connectivity index (χ2n) is 15.9. The number of aryl methyl sites for hydroxylation is 1. The minimum atomic E-state index is -1.10. The molecule has 4 aliphatic heterocycles. The average Bonchev–Trinajstić information content (AvgIpc) is 3.80. The molecular weight excluding hydrogens is 743 g/mol. The number of imide groups is 1. The maximum Gasteiger partial charge on any atom is 0.241 e. The van der Waals surface area contributed by atoms with Crippen LogP contribution in [0.2, 0.25) is 0 Å². The van der Waals surface area contributed by atoms with Crippen LogP contribution < -0.4 is 23.8 Å². The van der Waals surface area contributed by atoms with Crippen LogP contribution in [-0.4, -0.2) is 98.3 Å². The Hall–Kier alpha value is -5.24. The number of anilines is 1. The number of nitrogens with zero attached hydrogens (tertiary/aromatic N) is 1. The van der Waals surface area contributed by atoms with Crippen LogP contribution in [0.4, 0.5) is 5.69 Å². The van der Waals surface area contributed by atoms with E-state index in [1.165, 1.54) is 4.90 Å². The number of aliphatic hydroxyl groups excluding tert-OH is 2. The summed E-state index contributed by atoms with van der Waals surface area (Å²) in [6.45, 7) is 7.62. The van der Waals surface area contributed by atoms with Gasteiger partial charge in [-0.2, -0.15) is 0 Å². The number of aliphatic hydroxyl groups is 2. The smallest absolute Gasteiger partial charge is 0.241 e. The molecule has 4 aliphatic rings. The van der Waals surface area contributed by atoms with Gasteiger partial charge in [-0.15, -0.1) is 0 Å². The second-order valence-corrected chi connectivity index (χ2v) is 15.9. The van der Waals surface area contributed by atoms with Crippen molar-refractivity contribution in [3.05, 3.63) is 126 Å². The summed E-state index contributed by atoms with van der Waals surface area (Å²) in [5, 5.41) is 21.1. The quantitative estimate of drug-likeness (QED) is 0.0736. The maximum atomic E-state index is 13.7. The van der Waals surface area contributed by atoms with Crippen LogP contribution in [0.1, 0.15) is 30.5 Å². The van der Waals surface area contributed by atoms with E-state index in [0.717, 1.165) is 16.7 Å². The Labute approximate surface area is 337 Å². The van der Waals surface area contributed by atoms with Gasteiger partial charge in [0.25, 0.3) is 0 Å². The number of rotatable bonds is 19. The Morgan fingerprint density at radius 3 is 1.78 bits per heavy atom. The molecule has 12 nitrogen and oxygen atoms in total. The van der Waals surface area contributed by atoms with E-state index in [2.05, 4.69) is 13.8 Å². The molecule has 4 aromatic rings. The van der Waals surface area contributed by atoms with Gasteiger partial charge in [0.1, 0.15) is 73.3 Å². The number of hydrogen-bond donors (Lipinski definition) is 2. The first-order chi connectivity index (χ1) is 28.0. The Balaban J connectivity index is 0.781. The first kappa shape index (κ1) is 39.6. The lowest BCUT2D eigenvalue weighted by Crippen LogP contribution is -2.44. The van der Waals surface area contributed by atoms with Crippen LogP contribution in [-0.2, 0) is 29.2 Å². The van der Waals surface area contributed by atoms with Gasteiger partial charge in [-0.3, -0.25) is 9.59 Å². The van der Waals surface area contributed by atoms with Crippen molar-refractivity contribution in [1.82, 2.24) is 0 Å². The summed E-state index contributed by atoms with van der Waals surface area (Å²) in [6.07, 6.45) is 1.52. The average molecular weight is 792 g/mol. The van der Waals surface area contributed by atoms with Crippen molar-refractivity contribution < 1.29 is 53.0 Å². The number of fused-ring (bicyclic) bond motifs is 5. The molecule has 4 aromatic carbocycles. The SMILES string of the molecule is Cc1ccc(OCC(O)COc2ccc(C(C)(C)c3ccc(OCC(O)COCC45C=CC(O4)C4C(=O)N(c6ccc(OCC7CO7)cc6)C(=O)C45)cc3)cc2)cc1. The van der Waals surface area contributed by atoms with E-state index in [-0.39, 0.29) is 56.4 Å². The molecule has 0 spiro atoms. The highest BCUT2D eigenvalue weighted by Crippen LogP contribution is 2.52. The van der Waals surface area contributed by atoms with Gasteiger partial charge in [0.15, 0.2) is 0 Å². The number of amides is 2. The molecule has 0 radical (unpaired) electrons. The molecule has 0 aromatic heterocycles. The van der Waals surface area contributed by atoms with Crippen molar-refractivity contribution in [1.29, 1.82) is 0 Å². The molecule has 2 amide bonds. The van der Waals surface area contributed by atoms with E-state index in [4.69, 9.17) is 33.2 Å². The third-order valence-corrected chi connectivity index (χ3v) is 11.2. The fraction of sp³-hybridized carbons (Fsp3) is 0.391.